The van der Waals surface area contributed by atoms with E-state index < -0.39 is 8.32 Å². The Hall–Kier alpha value is -0.466. The Kier molecular flexibility index (Phi) is 4.50. The minimum absolute atomic E-state index is 0.0970. The van der Waals surface area contributed by atoms with Crippen molar-refractivity contribution in [3.8, 4) is 0 Å². The van der Waals surface area contributed by atoms with Crippen LogP contribution >= 0.6 is 0 Å². The molecule has 0 saturated carbocycles. The van der Waals surface area contributed by atoms with Crippen molar-refractivity contribution in [2.24, 2.45) is 0 Å². The molecule has 77 valence electrons. The molecule has 0 saturated heterocycles. The van der Waals surface area contributed by atoms with E-state index in [1.165, 1.54) is 5.19 Å². The predicted octanol–water partition coefficient (Wildman–Crippen LogP) is 0.123. The van der Waals surface area contributed by atoms with Gasteiger partial charge in [-0.25, -0.2) is 0 Å². The first-order valence-electron chi connectivity index (χ1n) is 4.33. The van der Waals surface area contributed by atoms with Crippen LogP contribution in [0.2, 0.25) is 0 Å². The Bertz CT molecular complexity index is 254. The monoisotopic (exact) mass is 227 g/mol. The average molecular weight is 227 g/mol. The first kappa shape index (κ1) is 11.6. The van der Waals surface area contributed by atoms with Crippen molar-refractivity contribution in [3.05, 3.63) is 30.3 Å². The summed E-state index contributed by atoms with van der Waals surface area (Å²) in [5.74, 6) is 0. The van der Waals surface area contributed by atoms with Crippen molar-refractivity contribution in [2.45, 2.75) is 0 Å². The van der Waals surface area contributed by atoms with E-state index in [0.717, 1.165) is 0 Å². The molecule has 0 N–H and O–H groups in total. The van der Waals surface area contributed by atoms with Crippen LogP contribution in [0, 0.1) is 0 Å². The molecule has 0 atom stereocenters. The fraction of sp³-hybridized carbons (Fsp3) is 0.333. The van der Waals surface area contributed by atoms with Gasteiger partial charge in [-0.3, -0.25) is 0 Å². The molecular weight excluding hydrogens is 212 g/mol. The number of rotatable bonds is 5. The summed E-state index contributed by atoms with van der Waals surface area (Å²) in [4.78, 5) is 0. The Morgan fingerprint density at radius 3 is 1.86 bits per heavy atom. The van der Waals surface area contributed by atoms with Crippen LogP contribution in [0.3, 0.4) is 0 Å². The molecule has 0 spiro atoms. The third-order valence-electron chi connectivity index (χ3n) is 2.00. The molecule has 3 nitrogen and oxygen atoms in total. The van der Waals surface area contributed by atoms with Gasteiger partial charge in [0.25, 0.3) is 0 Å². The van der Waals surface area contributed by atoms with Gasteiger partial charge >= 0.3 is 8.32 Å². The first-order chi connectivity index (χ1) is 6.76. The molecule has 0 bridgehead atoms. The Morgan fingerprint density at radius 2 is 1.43 bits per heavy atom. The van der Waals surface area contributed by atoms with Gasteiger partial charge < -0.3 is 13.3 Å². The van der Waals surface area contributed by atoms with E-state index in [1.54, 1.807) is 21.3 Å². The van der Waals surface area contributed by atoms with E-state index in [1.807, 2.05) is 18.2 Å². The Labute approximate surface area is 88.0 Å². The lowest BCUT2D eigenvalue weighted by Crippen LogP contribution is -2.54. The maximum atomic E-state index is 5.37. The molecule has 0 aliphatic carbocycles. The van der Waals surface area contributed by atoms with Gasteiger partial charge in [-0.2, -0.15) is 0 Å². The largest absolute Gasteiger partial charge is 0.468 e. The highest BCUT2D eigenvalue weighted by Crippen LogP contribution is 2.03. The van der Waals surface area contributed by atoms with Gasteiger partial charge in [-0.15, -0.1) is 0 Å². The van der Waals surface area contributed by atoms with Crippen molar-refractivity contribution in [2.75, 3.05) is 21.3 Å². The van der Waals surface area contributed by atoms with Crippen molar-refractivity contribution >= 4 is 22.5 Å². The molecule has 1 rings (SSSR count). The number of benzene rings is 1. The van der Waals surface area contributed by atoms with Crippen LogP contribution in [-0.4, -0.2) is 38.7 Å². The zero-order valence-corrected chi connectivity index (χ0v) is 10.8. The molecule has 0 aliphatic heterocycles. The lowest BCUT2D eigenvalue weighted by Gasteiger charge is -2.24. The van der Waals surface area contributed by atoms with E-state index in [2.05, 4.69) is 12.1 Å². The van der Waals surface area contributed by atoms with Crippen molar-refractivity contribution in [1.82, 2.24) is 0 Å². The average Bonchev–Trinajstić information content (AvgIpc) is 2.28. The normalized spacial score (nSPS) is 11.6. The highest BCUT2D eigenvalue weighted by atomic mass is 29.2. The van der Waals surface area contributed by atoms with Gasteiger partial charge in [0.05, 0.1) is 0 Å². The number of hydrogen-bond acceptors (Lipinski definition) is 3. The Morgan fingerprint density at radius 1 is 0.929 bits per heavy atom. The molecule has 14 heavy (non-hydrogen) atoms. The highest BCUT2D eigenvalue weighted by molar-refractivity contribution is 7.19. The van der Waals surface area contributed by atoms with Crippen LogP contribution < -0.4 is 5.19 Å². The molecule has 0 unspecified atom stereocenters. The molecule has 0 fully saturated rings. The minimum Gasteiger partial charge on any atom is -0.380 e. The SMILES string of the molecule is CO[Si](OC)(OC)[SiH]c1ccccc1. The van der Waals surface area contributed by atoms with Crippen LogP contribution in [-0.2, 0) is 13.3 Å². The lowest BCUT2D eigenvalue weighted by molar-refractivity contribution is 0.149. The molecule has 1 aromatic carbocycles. The minimum atomic E-state index is -2.37. The zero-order chi connectivity index (χ0) is 10.4. The van der Waals surface area contributed by atoms with E-state index >= 15 is 0 Å². The van der Waals surface area contributed by atoms with Crippen LogP contribution in [0.5, 0.6) is 0 Å². The summed E-state index contributed by atoms with van der Waals surface area (Å²) in [5, 5.41) is 1.25. The van der Waals surface area contributed by atoms with E-state index in [0.29, 0.717) is 0 Å². The zero-order valence-electron chi connectivity index (χ0n) is 8.69. The van der Waals surface area contributed by atoms with Crippen LogP contribution in [0.25, 0.3) is 0 Å². The van der Waals surface area contributed by atoms with E-state index in [9.17, 15) is 0 Å². The summed E-state index contributed by atoms with van der Waals surface area (Å²) in [6.45, 7) is 0. The summed E-state index contributed by atoms with van der Waals surface area (Å²) in [6.07, 6.45) is 0. The molecule has 1 aromatic rings. The fourth-order valence-electron chi connectivity index (χ4n) is 1.18. The molecule has 0 heterocycles. The second-order valence-corrected chi connectivity index (χ2v) is 9.15. The third kappa shape index (κ3) is 2.76. The second kappa shape index (κ2) is 5.42. The predicted molar refractivity (Wildman–Crippen MR) is 60.0 cm³/mol. The Balaban J connectivity index is 2.74. The van der Waals surface area contributed by atoms with Gasteiger partial charge in [0.15, 0.2) is 9.04 Å². The van der Waals surface area contributed by atoms with Gasteiger partial charge in [-0.1, -0.05) is 35.5 Å². The fourth-order valence-corrected chi connectivity index (χ4v) is 5.72. The molecule has 0 aliphatic rings. The summed E-state index contributed by atoms with van der Waals surface area (Å²) < 4.78 is 16.1. The lowest BCUT2D eigenvalue weighted by atomic mass is 10.4. The molecule has 5 heteroatoms. The van der Waals surface area contributed by atoms with Crippen molar-refractivity contribution in [3.63, 3.8) is 0 Å². The molecular formula is C9H15O3Si2. The van der Waals surface area contributed by atoms with Crippen LogP contribution in [0.15, 0.2) is 30.3 Å². The summed E-state index contributed by atoms with van der Waals surface area (Å²) in [5.41, 5.74) is 0. The topological polar surface area (TPSA) is 27.7 Å². The van der Waals surface area contributed by atoms with Gasteiger partial charge in [0.2, 0.25) is 0 Å². The maximum absolute atomic E-state index is 5.37. The van der Waals surface area contributed by atoms with Crippen LogP contribution in [0.1, 0.15) is 0 Å². The number of hydrogen-bond donors (Lipinski definition) is 0. The summed E-state index contributed by atoms with van der Waals surface area (Å²) in [6, 6.07) is 10.2. The first-order valence-corrected chi connectivity index (χ1v) is 8.44. The van der Waals surface area contributed by atoms with E-state index in [-0.39, 0.29) is 9.04 Å². The smallest absolute Gasteiger partial charge is 0.380 e. The second-order valence-electron chi connectivity index (χ2n) is 2.77. The molecule has 0 aromatic heterocycles. The maximum Gasteiger partial charge on any atom is 0.468 e. The highest BCUT2D eigenvalue weighted by Gasteiger charge is 2.37. The van der Waals surface area contributed by atoms with Gasteiger partial charge in [0, 0.05) is 21.3 Å². The standard InChI is InChI=1S/C9H15O3Si2/c1-10-14(11-2,12-3)13-9-7-5-4-6-8-9/h4-8,13H,1-3H3. The van der Waals surface area contributed by atoms with E-state index in [4.69, 9.17) is 13.3 Å². The molecule has 1 radical (unpaired) electrons. The third-order valence-corrected chi connectivity index (χ3v) is 8.96. The van der Waals surface area contributed by atoms with Gasteiger partial charge in [-0.05, 0) is 0 Å². The summed E-state index contributed by atoms with van der Waals surface area (Å²) >= 11 is 0. The van der Waals surface area contributed by atoms with Crippen molar-refractivity contribution in [1.29, 1.82) is 0 Å². The van der Waals surface area contributed by atoms with Crippen LogP contribution in [0.4, 0.5) is 0 Å². The van der Waals surface area contributed by atoms with Gasteiger partial charge in [0.1, 0.15) is 0 Å². The summed E-state index contributed by atoms with van der Waals surface area (Å²) in [7, 11) is 2.47. The van der Waals surface area contributed by atoms with Crippen molar-refractivity contribution < 1.29 is 13.3 Å². The molecule has 0 amide bonds. The quantitative estimate of drug-likeness (QED) is 0.669.